The highest BCUT2D eigenvalue weighted by Crippen LogP contribution is 2.16. The van der Waals surface area contributed by atoms with Crippen molar-refractivity contribution in [2.75, 3.05) is 0 Å². The van der Waals surface area contributed by atoms with Gasteiger partial charge in [-0.05, 0) is 12.0 Å². The van der Waals surface area contributed by atoms with Crippen LogP contribution in [0.25, 0.3) is 0 Å². The largest absolute Gasteiger partial charge is 0.476 e. The van der Waals surface area contributed by atoms with Crippen molar-refractivity contribution in [1.29, 1.82) is 0 Å². The molecule has 7 heteroatoms. The maximum atomic E-state index is 10.8. The van der Waals surface area contributed by atoms with Crippen molar-refractivity contribution in [2.45, 2.75) is 13.0 Å². The normalized spacial score (nSPS) is 10.3. The van der Waals surface area contributed by atoms with E-state index in [0.717, 1.165) is 11.8 Å². The second kappa shape index (κ2) is 5.30. The molecule has 98 valence electrons. The molecule has 0 aliphatic carbocycles. The average Bonchev–Trinajstić information content (AvgIpc) is 2.82. The Kier molecular flexibility index (Phi) is 3.56. The maximum Gasteiger partial charge on any atom is 0.363 e. The fraction of sp³-hybridized carbons (Fsp3) is 0.167. The fourth-order valence-electron chi connectivity index (χ4n) is 1.70. The summed E-state index contributed by atoms with van der Waals surface area (Å²) in [6, 6.07) is 9.53. The van der Waals surface area contributed by atoms with E-state index < -0.39 is 22.3 Å². The molecular weight excluding hydrogens is 250 g/mol. The van der Waals surface area contributed by atoms with Gasteiger partial charge in [0.25, 0.3) is 0 Å². The van der Waals surface area contributed by atoms with Gasteiger partial charge in [0.2, 0.25) is 5.69 Å². The molecule has 0 unspecified atom stereocenters. The van der Waals surface area contributed by atoms with Crippen molar-refractivity contribution in [3.05, 3.63) is 57.9 Å². The number of hydrogen-bond acceptors (Lipinski definition) is 4. The molecule has 0 bridgehead atoms. The molecule has 7 nitrogen and oxygen atoms in total. The van der Waals surface area contributed by atoms with Crippen molar-refractivity contribution in [3.8, 4) is 0 Å². The van der Waals surface area contributed by atoms with E-state index in [4.69, 9.17) is 5.11 Å². The SMILES string of the molecule is O=C(O)c1nn(CCc2ccccc2)cc1[N+](=O)[O-]. The molecule has 1 aromatic carbocycles. The Bertz CT molecular complexity index is 575. The fourth-order valence-corrected chi connectivity index (χ4v) is 1.70. The van der Waals surface area contributed by atoms with Crippen LogP contribution in [-0.4, -0.2) is 25.8 Å². The zero-order chi connectivity index (χ0) is 13.8. The number of aryl methyl sites for hydroxylation is 2. The van der Waals surface area contributed by atoms with E-state index >= 15 is 0 Å². The highest BCUT2D eigenvalue weighted by atomic mass is 16.6. The first-order chi connectivity index (χ1) is 9.08. The standard InChI is InChI=1S/C12H11N3O4/c16-12(17)11-10(15(18)19)8-14(13-11)7-6-9-4-2-1-3-5-9/h1-5,8H,6-7H2,(H,16,17). The first kappa shape index (κ1) is 12.7. The van der Waals surface area contributed by atoms with E-state index in [9.17, 15) is 14.9 Å². The maximum absolute atomic E-state index is 10.8. The summed E-state index contributed by atoms with van der Waals surface area (Å²) in [5, 5.41) is 23.3. The van der Waals surface area contributed by atoms with Crippen LogP contribution < -0.4 is 0 Å². The Balaban J connectivity index is 2.15. The van der Waals surface area contributed by atoms with Gasteiger partial charge in [-0.3, -0.25) is 14.8 Å². The van der Waals surface area contributed by atoms with Gasteiger partial charge in [-0.2, -0.15) is 5.10 Å². The molecule has 1 aromatic heterocycles. The van der Waals surface area contributed by atoms with Crippen LogP contribution >= 0.6 is 0 Å². The van der Waals surface area contributed by atoms with Gasteiger partial charge in [0.15, 0.2) is 0 Å². The molecular formula is C12H11N3O4. The molecule has 0 spiro atoms. The predicted octanol–water partition coefficient (Wildman–Crippen LogP) is 1.73. The third-order valence-electron chi connectivity index (χ3n) is 2.61. The van der Waals surface area contributed by atoms with Crippen LogP contribution in [0, 0.1) is 10.1 Å². The first-order valence-corrected chi connectivity index (χ1v) is 5.57. The predicted molar refractivity (Wildman–Crippen MR) is 66.0 cm³/mol. The molecule has 0 saturated heterocycles. The van der Waals surface area contributed by atoms with Gasteiger partial charge in [0.05, 0.1) is 4.92 Å². The first-order valence-electron chi connectivity index (χ1n) is 5.57. The number of aromatic carboxylic acids is 1. The lowest BCUT2D eigenvalue weighted by Crippen LogP contribution is -2.05. The van der Waals surface area contributed by atoms with Crippen molar-refractivity contribution in [3.63, 3.8) is 0 Å². The molecule has 1 N–H and O–H groups in total. The molecule has 0 aliphatic heterocycles. The molecule has 0 radical (unpaired) electrons. The van der Waals surface area contributed by atoms with Gasteiger partial charge in [-0.15, -0.1) is 0 Å². The molecule has 19 heavy (non-hydrogen) atoms. The zero-order valence-electron chi connectivity index (χ0n) is 9.89. The molecule has 0 aliphatic rings. The van der Waals surface area contributed by atoms with Crippen LogP contribution in [0.2, 0.25) is 0 Å². The van der Waals surface area contributed by atoms with Crippen LogP contribution in [0.1, 0.15) is 16.1 Å². The lowest BCUT2D eigenvalue weighted by molar-refractivity contribution is -0.385. The van der Waals surface area contributed by atoms with Gasteiger partial charge in [-0.25, -0.2) is 4.79 Å². The second-order valence-electron chi connectivity index (χ2n) is 3.92. The van der Waals surface area contributed by atoms with Crippen LogP contribution in [0.15, 0.2) is 36.5 Å². The van der Waals surface area contributed by atoms with Crippen molar-refractivity contribution < 1.29 is 14.8 Å². The Labute approximate surface area is 108 Å². The number of hydrogen-bond donors (Lipinski definition) is 1. The number of nitro groups is 1. The molecule has 0 saturated carbocycles. The Hall–Kier alpha value is -2.70. The van der Waals surface area contributed by atoms with Crippen molar-refractivity contribution >= 4 is 11.7 Å². The van der Waals surface area contributed by atoms with Crippen LogP contribution in [0.5, 0.6) is 0 Å². The van der Waals surface area contributed by atoms with Gasteiger partial charge in [-0.1, -0.05) is 30.3 Å². The number of aromatic nitrogens is 2. The minimum Gasteiger partial charge on any atom is -0.476 e. The quantitative estimate of drug-likeness (QED) is 0.652. The number of carbonyl (C=O) groups is 1. The van der Waals surface area contributed by atoms with Crippen LogP contribution in [0.4, 0.5) is 5.69 Å². The van der Waals surface area contributed by atoms with E-state index in [0.29, 0.717) is 13.0 Å². The van der Waals surface area contributed by atoms with E-state index in [-0.39, 0.29) is 0 Å². The molecule has 2 rings (SSSR count). The summed E-state index contributed by atoms with van der Waals surface area (Å²) < 4.78 is 1.29. The Morgan fingerprint density at radius 2 is 2.05 bits per heavy atom. The van der Waals surface area contributed by atoms with Gasteiger partial charge in [0.1, 0.15) is 6.20 Å². The van der Waals surface area contributed by atoms with Crippen molar-refractivity contribution in [1.82, 2.24) is 9.78 Å². The molecule has 0 amide bonds. The lowest BCUT2D eigenvalue weighted by atomic mass is 10.1. The smallest absolute Gasteiger partial charge is 0.363 e. The number of benzene rings is 1. The highest BCUT2D eigenvalue weighted by molar-refractivity contribution is 5.89. The monoisotopic (exact) mass is 261 g/mol. The topological polar surface area (TPSA) is 98.3 Å². The summed E-state index contributed by atoms with van der Waals surface area (Å²) in [6.07, 6.45) is 1.77. The van der Waals surface area contributed by atoms with Crippen LogP contribution in [0.3, 0.4) is 0 Å². The van der Waals surface area contributed by atoms with E-state index in [2.05, 4.69) is 5.10 Å². The molecule has 1 heterocycles. The Morgan fingerprint density at radius 1 is 1.37 bits per heavy atom. The van der Waals surface area contributed by atoms with Gasteiger partial charge in [0, 0.05) is 6.54 Å². The third kappa shape index (κ3) is 2.95. The number of rotatable bonds is 5. The van der Waals surface area contributed by atoms with Gasteiger partial charge < -0.3 is 5.11 Å². The lowest BCUT2D eigenvalue weighted by Gasteiger charge is -2.00. The van der Waals surface area contributed by atoms with E-state index in [1.165, 1.54) is 4.68 Å². The highest BCUT2D eigenvalue weighted by Gasteiger charge is 2.24. The third-order valence-corrected chi connectivity index (χ3v) is 2.61. The molecule has 2 aromatic rings. The summed E-state index contributed by atoms with van der Waals surface area (Å²) in [6.45, 7) is 0.387. The Morgan fingerprint density at radius 3 is 2.58 bits per heavy atom. The summed E-state index contributed by atoms with van der Waals surface area (Å²) >= 11 is 0. The number of carboxylic acid groups (broad SMARTS) is 1. The number of carboxylic acids is 1. The molecule has 0 atom stereocenters. The second-order valence-corrected chi connectivity index (χ2v) is 3.92. The zero-order valence-corrected chi connectivity index (χ0v) is 9.89. The summed E-state index contributed by atoms with van der Waals surface area (Å²) in [4.78, 5) is 20.8. The van der Waals surface area contributed by atoms with E-state index in [1.807, 2.05) is 30.3 Å². The molecule has 0 fully saturated rings. The summed E-state index contributed by atoms with van der Waals surface area (Å²) in [5.41, 5.74) is 0.0381. The summed E-state index contributed by atoms with van der Waals surface area (Å²) in [7, 11) is 0. The average molecular weight is 261 g/mol. The van der Waals surface area contributed by atoms with Crippen LogP contribution in [-0.2, 0) is 13.0 Å². The van der Waals surface area contributed by atoms with Crippen molar-refractivity contribution in [2.24, 2.45) is 0 Å². The van der Waals surface area contributed by atoms with E-state index in [1.54, 1.807) is 0 Å². The number of nitrogens with zero attached hydrogens (tertiary/aromatic N) is 3. The minimum absolute atomic E-state index is 0.387. The summed E-state index contributed by atoms with van der Waals surface area (Å²) in [5.74, 6) is -1.40. The minimum atomic E-state index is -1.40. The van der Waals surface area contributed by atoms with Gasteiger partial charge >= 0.3 is 11.7 Å².